The van der Waals surface area contributed by atoms with Crippen LogP contribution in [0.4, 0.5) is 0 Å². The molecule has 4 fully saturated rings. The van der Waals surface area contributed by atoms with Crippen molar-refractivity contribution < 1.29 is 19.5 Å². The molecule has 1 radical (unpaired) electrons. The Labute approximate surface area is 81.9 Å². The van der Waals surface area contributed by atoms with Gasteiger partial charge in [-0.2, -0.15) is 0 Å². The van der Waals surface area contributed by atoms with Crippen molar-refractivity contribution >= 4 is 0 Å². The van der Waals surface area contributed by atoms with Gasteiger partial charge in [0.25, 0.3) is 0 Å². The average Bonchev–Trinajstić information content (AvgIpc) is 1.82. The van der Waals surface area contributed by atoms with E-state index in [1.165, 1.54) is 19.3 Å². The molecular formula is C10H15Zn. The molecule has 0 saturated heterocycles. The SMILES string of the molecule is C1[C]2CC3CC1CC(C2)C3.[Zn]. The molecule has 4 aliphatic carbocycles. The first kappa shape index (κ1) is 8.23. The monoisotopic (exact) mass is 199 g/mol. The van der Waals surface area contributed by atoms with Crippen molar-refractivity contribution in [2.75, 3.05) is 0 Å². The van der Waals surface area contributed by atoms with Crippen LogP contribution in [-0.4, -0.2) is 0 Å². The van der Waals surface area contributed by atoms with Crippen LogP contribution in [0.3, 0.4) is 0 Å². The minimum Gasteiger partial charge on any atom is -0.0475 e. The van der Waals surface area contributed by atoms with Crippen LogP contribution in [0, 0.1) is 23.7 Å². The van der Waals surface area contributed by atoms with E-state index in [1.807, 2.05) is 5.92 Å². The summed E-state index contributed by atoms with van der Waals surface area (Å²) in [7, 11) is 0. The maximum Gasteiger partial charge on any atom is 0 e. The van der Waals surface area contributed by atoms with Crippen LogP contribution in [0.5, 0.6) is 0 Å². The van der Waals surface area contributed by atoms with Crippen LogP contribution in [0.15, 0.2) is 0 Å². The summed E-state index contributed by atoms with van der Waals surface area (Å²) in [6.07, 6.45) is 9.31. The summed E-state index contributed by atoms with van der Waals surface area (Å²) in [6.45, 7) is 0. The molecule has 11 heavy (non-hydrogen) atoms. The minimum atomic E-state index is 0. The van der Waals surface area contributed by atoms with Crippen LogP contribution in [0.1, 0.15) is 38.5 Å². The molecule has 0 atom stereocenters. The Morgan fingerprint density at radius 3 is 1.36 bits per heavy atom. The van der Waals surface area contributed by atoms with Crippen molar-refractivity contribution in [1.29, 1.82) is 0 Å². The van der Waals surface area contributed by atoms with E-state index in [4.69, 9.17) is 0 Å². The molecule has 4 bridgehead atoms. The van der Waals surface area contributed by atoms with Crippen molar-refractivity contribution in [3.63, 3.8) is 0 Å². The van der Waals surface area contributed by atoms with E-state index in [-0.39, 0.29) is 19.5 Å². The van der Waals surface area contributed by atoms with Crippen molar-refractivity contribution in [1.82, 2.24) is 0 Å². The first-order valence-electron chi connectivity index (χ1n) is 4.73. The molecule has 0 heterocycles. The van der Waals surface area contributed by atoms with E-state index in [1.54, 1.807) is 19.3 Å². The Bertz CT molecular complexity index is 96.4. The molecule has 0 N–H and O–H groups in total. The molecule has 57 valence electrons. The van der Waals surface area contributed by atoms with Crippen molar-refractivity contribution in [3.8, 4) is 0 Å². The van der Waals surface area contributed by atoms with Gasteiger partial charge in [0.1, 0.15) is 0 Å². The van der Waals surface area contributed by atoms with Crippen LogP contribution < -0.4 is 0 Å². The molecule has 4 aliphatic rings. The number of rotatable bonds is 0. The average molecular weight is 201 g/mol. The molecule has 0 unspecified atom stereocenters. The van der Waals surface area contributed by atoms with Gasteiger partial charge in [0, 0.05) is 19.5 Å². The third kappa shape index (κ3) is 1.30. The van der Waals surface area contributed by atoms with Gasteiger partial charge < -0.3 is 0 Å². The molecule has 0 aliphatic heterocycles. The summed E-state index contributed by atoms with van der Waals surface area (Å²) in [5.74, 6) is 5.35. The summed E-state index contributed by atoms with van der Waals surface area (Å²) in [5, 5.41) is 0. The number of hydrogen-bond donors (Lipinski definition) is 0. The van der Waals surface area contributed by atoms with Gasteiger partial charge in [0.05, 0.1) is 0 Å². The minimum absolute atomic E-state index is 0. The summed E-state index contributed by atoms with van der Waals surface area (Å²) >= 11 is 0. The fraction of sp³-hybridized carbons (Fsp3) is 0.900. The van der Waals surface area contributed by atoms with Gasteiger partial charge in [0.2, 0.25) is 0 Å². The maximum absolute atomic E-state index is 1.93. The van der Waals surface area contributed by atoms with E-state index >= 15 is 0 Å². The second-order valence-corrected chi connectivity index (χ2v) is 4.67. The van der Waals surface area contributed by atoms with Gasteiger partial charge in [-0.1, -0.05) is 0 Å². The molecule has 0 aromatic heterocycles. The Hall–Kier alpha value is 0.623. The maximum atomic E-state index is 1.93. The van der Waals surface area contributed by atoms with Gasteiger partial charge in [-0.05, 0) is 62.2 Å². The van der Waals surface area contributed by atoms with E-state index in [0.717, 1.165) is 17.8 Å². The van der Waals surface area contributed by atoms with Gasteiger partial charge in [-0.15, -0.1) is 0 Å². The summed E-state index contributed by atoms with van der Waals surface area (Å²) in [4.78, 5) is 0. The van der Waals surface area contributed by atoms with Crippen LogP contribution >= 0.6 is 0 Å². The van der Waals surface area contributed by atoms with E-state index in [2.05, 4.69) is 0 Å². The van der Waals surface area contributed by atoms with E-state index in [0.29, 0.717) is 0 Å². The third-order valence-electron chi connectivity index (χ3n) is 3.73. The molecule has 1 heteroatoms. The third-order valence-corrected chi connectivity index (χ3v) is 3.73. The van der Waals surface area contributed by atoms with Gasteiger partial charge in [-0.25, -0.2) is 0 Å². The summed E-state index contributed by atoms with van der Waals surface area (Å²) < 4.78 is 0. The second kappa shape index (κ2) is 2.84. The zero-order chi connectivity index (χ0) is 6.55. The van der Waals surface area contributed by atoms with Gasteiger partial charge >= 0.3 is 0 Å². The molecule has 4 rings (SSSR count). The van der Waals surface area contributed by atoms with Crippen LogP contribution in [-0.2, 0) is 19.5 Å². The molecule has 4 saturated carbocycles. The zero-order valence-electron chi connectivity index (χ0n) is 7.18. The standard InChI is InChI=1S/C10H15.Zn/c1-7-2-9-4-8(1)5-10(3-7)6-9;/h7-9H,1-6H2;. The quantitative estimate of drug-likeness (QED) is 0.528. The van der Waals surface area contributed by atoms with Crippen molar-refractivity contribution in [3.05, 3.63) is 5.92 Å². The van der Waals surface area contributed by atoms with Crippen LogP contribution in [0.2, 0.25) is 0 Å². The number of hydrogen-bond acceptors (Lipinski definition) is 0. The first-order valence-corrected chi connectivity index (χ1v) is 4.73. The largest absolute Gasteiger partial charge is 0.0475 e. The zero-order valence-corrected chi connectivity index (χ0v) is 10.1. The van der Waals surface area contributed by atoms with E-state index in [9.17, 15) is 0 Å². The van der Waals surface area contributed by atoms with Crippen molar-refractivity contribution in [2.45, 2.75) is 38.5 Å². The first-order chi connectivity index (χ1) is 4.90. The van der Waals surface area contributed by atoms with E-state index < -0.39 is 0 Å². The molecule has 0 spiro atoms. The normalized spacial score (nSPS) is 47.5. The predicted octanol–water partition coefficient (Wildman–Crippen LogP) is 2.79. The van der Waals surface area contributed by atoms with Gasteiger partial charge in [-0.3, -0.25) is 0 Å². The predicted molar refractivity (Wildman–Crippen MR) is 41.4 cm³/mol. The van der Waals surface area contributed by atoms with Crippen molar-refractivity contribution in [2.24, 2.45) is 17.8 Å². The molecule has 0 nitrogen and oxygen atoms in total. The summed E-state index contributed by atoms with van der Waals surface area (Å²) in [6, 6.07) is 0. The summed E-state index contributed by atoms with van der Waals surface area (Å²) in [5.41, 5.74) is 0. The Balaban J connectivity index is 0.000000480. The Morgan fingerprint density at radius 1 is 0.727 bits per heavy atom. The molecule has 0 amide bonds. The molecular weight excluding hydrogens is 185 g/mol. The Kier molecular flexibility index (Phi) is 2.12. The second-order valence-electron chi connectivity index (χ2n) is 4.67. The Morgan fingerprint density at radius 2 is 1.09 bits per heavy atom. The van der Waals surface area contributed by atoms with Crippen LogP contribution in [0.25, 0.3) is 0 Å². The van der Waals surface area contributed by atoms with Gasteiger partial charge in [0.15, 0.2) is 0 Å². The fourth-order valence-electron chi connectivity index (χ4n) is 3.68. The molecule has 0 aromatic rings. The fourth-order valence-corrected chi connectivity index (χ4v) is 3.68. The topological polar surface area (TPSA) is 0 Å². The molecule has 0 aromatic carbocycles. The smallest absolute Gasteiger partial charge is 0 e.